The average Bonchev–Trinajstić information content (AvgIpc) is 2.79. The fraction of sp³-hybridized carbons (Fsp3) is 0.480. The van der Waals surface area contributed by atoms with Gasteiger partial charge in [-0.15, -0.1) is 0 Å². The Hall–Kier alpha value is -1.88. The van der Waals surface area contributed by atoms with Gasteiger partial charge in [0.15, 0.2) is 0 Å². The van der Waals surface area contributed by atoms with Gasteiger partial charge in [-0.3, -0.25) is 4.79 Å². The van der Waals surface area contributed by atoms with Crippen LogP contribution >= 0.6 is 11.6 Å². The minimum atomic E-state index is 0.0760. The van der Waals surface area contributed by atoms with Crippen molar-refractivity contribution < 1.29 is 9.90 Å². The Labute approximate surface area is 185 Å². The van der Waals surface area contributed by atoms with E-state index in [0.717, 1.165) is 51.6 Å². The molecular weight excluding hydrogens is 396 g/mol. The number of rotatable bonds is 9. The number of aliphatic hydroxyl groups is 1. The molecule has 0 atom stereocenters. The summed E-state index contributed by atoms with van der Waals surface area (Å²) in [4.78, 5) is 14.7. The lowest BCUT2D eigenvalue weighted by Gasteiger charge is -2.35. The lowest BCUT2D eigenvalue weighted by molar-refractivity contribution is 0.0689. The molecule has 4 nitrogen and oxygen atoms in total. The molecule has 1 aliphatic rings. The van der Waals surface area contributed by atoms with Crippen molar-refractivity contribution in [3.63, 3.8) is 0 Å². The van der Waals surface area contributed by atoms with Gasteiger partial charge >= 0.3 is 0 Å². The lowest BCUT2D eigenvalue weighted by Crippen LogP contribution is -2.39. The zero-order chi connectivity index (χ0) is 21.3. The van der Waals surface area contributed by atoms with Gasteiger partial charge < -0.3 is 15.3 Å². The minimum absolute atomic E-state index is 0.0760. The van der Waals surface area contributed by atoms with Crippen LogP contribution < -0.4 is 5.32 Å². The molecular formula is C25H33ClN2O2. The largest absolute Gasteiger partial charge is 0.396 e. The fourth-order valence-corrected chi connectivity index (χ4v) is 4.40. The number of aliphatic hydroxyl groups excluding tert-OH is 1. The summed E-state index contributed by atoms with van der Waals surface area (Å²) in [6.45, 7) is 2.06. The Morgan fingerprint density at radius 1 is 1.03 bits per heavy atom. The van der Waals surface area contributed by atoms with Crippen molar-refractivity contribution in [2.24, 2.45) is 0 Å². The number of nitrogens with zero attached hydrogens (tertiary/aromatic N) is 1. The summed E-state index contributed by atoms with van der Waals surface area (Å²) in [5.41, 5.74) is 3.46. The molecule has 0 radical (unpaired) electrons. The Morgan fingerprint density at radius 2 is 1.70 bits per heavy atom. The van der Waals surface area contributed by atoms with Crippen molar-refractivity contribution in [1.29, 1.82) is 0 Å². The van der Waals surface area contributed by atoms with Gasteiger partial charge in [0.2, 0.25) is 0 Å². The maximum atomic E-state index is 12.8. The fourth-order valence-electron chi connectivity index (χ4n) is 4.28. The summed E-state index contributed by atoms with van der Waals surface area (Å²) in [6, 6.07) is 16.5. The number of nitrogens with one attached hydrogen (secondary N) is 1. The third-order valence-electron chi connectivity index (χ3n) is 6.21. The summed E-state index contributed by atoms with van der Waals surface area (Å²) in [5, 5.41) is 12.8. The predicted molar refractivity (Wildman–Crippen MR) is 123 cm³/mol. The molecule has 0 aliphatic heterocycles. The van der Waals surface area contributed by atoms with Crippen LogP contribution in [0.5, 0.6) is 0 Å². The molecule has 1 fully saturated rings. The van der Waals surface area contributed by atoms with Gasteiger partial charge in [-0.1, -0.05) is 35.9 Å². The van der Waals surface area contributed by atoms with Crippen LogP contribution in [0.4, 0.5) is 0 Å². The molecule has 3 rings (SSSR count). The first-order valence-electron chi connectivity index (χ1n) is 11.0. The summed E-state index contributed by atoms with van der Waals surface area (Å²) < 4.78 is 0. The van der Waals surface area contributed by atoms with Crippen LogP contribution in [0.3, 0.4) is 0 Å². The molecule has 0 aromatic heterocycles. The molecule has 2 N–H and O–H groups in total. The van der Waals surface area contributed by atoms with Gasteiger partial charge in [-0.05, 0) is 92.9 Å². The second-order valence-corrected chi connectivity index (χ2v) is 8.68. The number of hydrogen-bond donors (Lipinski definition) is 2. The third-order valence-corrected chi connectivity index (χ3v) is 6.46. The second kappa shape index (κ2) is 11.5. The van der Waals surface area contributed by atoms with E-state index >= 15 is 0 Å². The maximum Gasteiger partial charge on any atom is 0.253 e. The number of halogens is 1. The first-order valence-corrected chi connectivity index (χ1v) is 11.4. The maximum absolute atomic E-state index is 12.8. The van der Waals surface area contributed by atoms with Gasteiger partial charge in [0, 0.05) is 30.3 Å². The van der Waals surface area contributed by atoms with Gasteiger partial charge in [0.05, 0.1) is 0 Å². The van der Waals surface area contributed by atoms with E-state index in [9.17, 15) is 4.79 Å². The van der Waals surface area contributed by atoms with Crippen molar-refractivity contribution in [2.75, 3.05) is 26.7 Å². The van der Waals surface area contributed by atoms with Crippen molar-refractivity contribution in [3.8, 4) is 0 Å². The molecule has 0 bridgehead atoms. The highest BCUT2D eigenvalue weighted by Gasteiger charge is 2.27. The van der Waals surface area contributed by atoms with Gasteiger partial charge in [-0.2, -0.15) is 0 Å². The van der Waals surface area contributed by atoms with Crippen LogP contribution in [0.1, 0.15) is 59.5 Å². The molecule has 0 unspecified atom stereocenters. The van der Waals surface area contributed by atoms with Crippen molar-refractivity contribution in [2.45, 2.75) is 50.5 Å². The Bertz CT molecular complexity index is 784. The molecule has 1 aliphatic carbocycles. The van der Waals surface area contributed by atoms with Crippen molar-refractivity contribution >= 4 is 17.5 Å². The van der Waals surface area contributed by atoms with Gasteiger partial charge in [0.25, 0.3) is 5.91 Å². The third kappa shape index (κ3) is 6.31. The number of benzene rings is 2. The molecule has 0 spiro atoms. The summed E-state index contributed by atoms with van der Waals surface area (Å²) in [6.07, 6.45) is 6.13. The van der Waals surface area contributed by atoms with Gasteiger partial charge in [-0.25, -0.2) is 0 Å². The highest BCUT2D eigenvalue weighted by molar-refractivity contribution is 6.30. The molecule has 162 valence electrons. The van der Waals surface area contributed by atoms with E-state index in [-0.39, 0.29) is 12.5 Å². The SMILES string of the molecule is CN(C(=O)c1ccc(Cl)cc1)[C@H]1CC[C@H](c2ccc(CCNCCCO)cc2)CC1. The molecule has 2 aromatic carbocycles. The number of carbonyl (C=O) groups excluding carboxylic acids is 1. The topological polar surface area (TPSA) is 52.6 Å². The highest BCUT2D eigenvalue weighted by Crippen LogP contribution is 2.35. The normalized spacial score (nSPS) is 18.9. The van der Waals surface area contributed by atoms with E-state index in [1.165, 1.54) is 11.1 Å². The summed E-state index contributed by atoms with van der Waals surface area (Å²) >= 11 is 5.94. The molecule has 1 saturated carbocycles. The second-order valence-electron chi connectivity index (χ2n) is 8.25. The van der Waals surface area contributed by atoms with E-state index in [1.807, 2.05) is 11.9 Å². The quantitative estimate of drug-likeness (QED) is 0.571. The molecule has 30 heavy (non-hydrogen) atoms. The van der Waals surface area contributed by atoms with Crippen LogP contribution in [0.2, 0.25) is 5.02 Å². The molecule has 0 heterocycles. The Balaban J connectivity index is 1.46. The van der Waals surface area contributed by atoms with Crippen LogP contribution in [0, 0.1) is 0 Å². The Morgan fingerprint density at radius 3 is 2.33 bits per heavy atom. The monoisotopic (exact) mass is 428 g/mol. The number of carbonyl (C=O) groups is 1. The standard InChI is InChI=1S/C25H33ClN2O2/c1-28(25(30)22-7-11-23(26)12-8-22)24-13-9-21(10-14-24)20-5-3-19(4-6-20)15-17-27-16-2-18-29/h3-8,11-12,21,24,27,29H,2,9-10,13-18H2,1H3/t21-,24-. The van der Waals surface area contributed by atoms with E-state index < -0.39 is 0 Å². The molecule has 5 heteroatoms. The lowest BCUT2D eigenvalue weighted by atomic mass is 9.81. The van der Waals surface area contributed by atoms with E-state index in [1.54, 1.807) is 24.3 Å². The number of amides is 1. The molecule has 1 amide bonds. The van der Waals surface area contributed by atoms with Crippen LogP contribution in [-0.2, 0) is 6.42 Å². The summed E-state index contributed by atoms with van der Waals surface area (Å²) in [5.74, 6) is 0.657. The average molecular weight is 429 g/mol. The van der Waals surface area contributed by atoms with E-state index in [4.69, 9.17) is 16.7 Å². The summed E-state index contributed by atoms with van der Waals surface area (Å²) in [7, 11) is 1.92. The van der Waals surface area contributed by atoms with Crippen molar-refractivity contribution in [3.05, 3.63) is 70.2 Å². The highest BCUT2D eigenvalue weighted by atomic mass is 35.5. The first kappa shape index (κ1) is 22.8. The Kier molecular flexibility index (Phi) is 8.74. The van der Waals surface area contributed by atoms with E-state index in [2.05, 4.69) is 29.6 Å². The van der Waals surface area contributed by atoms with Gasteiger partial charge in [0.1, 0.15) is 0 Å². The van der Waals surface area contributed by atoms with Crippen LogP contribution in [0.25, 0.3) is 0 Å². The predicted octanol–water partition coefficient (Wildman–Crippen LogP) is 4.65. The van der Waals surface area contributed by atoms with E-state index in [0.29, 0.717) is 22.5 Å². The minimum Gasteiger partial charge on any atom is -0.396 e. The zero-order valence-electron chi connectivity index (χ0n) is 17.8. The molecule has 2 aromatic rings. The number of hydrogen-bond acceptors (Lipinski definition) is 3. The smallest absolute Gasteiger partial charge is 0.253 e. The zero-order valence-corrected chi connectivity index (χ0v) is 18.6. The molecule has 0 saturated heterocycles. The van der Waals surface area contributed by atoms with Crippen LogP contribution in [-0.4, -0.2) is 48.7 Å². The first-order chi connectivity index (χ1) is 14.6. The van der Waals surface area contributed by atoms with Crippen LogP contribution in [0.15, 0.2) is 48.5 Å². The van der Waals surface area contributed by atoms with Crippen molar-refractivity contribution in [1.82, 2.24) is 10.2 Å².